The standard InChI is InChI=1S/C17H21NO3/c1-12-9-16(13(2)18(12)3)17(19)11-21-10-14-5-7-15(20-4)8-6-14/h5-9H,10-11H2,1-4H3. The van der Waals surface area contributed by atoms with Crippen molar-refractivity contribution in [1.29, 1.82) is 0 Å². The number of benzene rings is 1. The van der Waals surface area contributed by atoms with Crippen LogP contribution >= 0.6 is 0 Å². The van der Waals surface area contributed by atoms with Gasteiger partial charge in [-0.15, -0.1) is 0 Å². The number of carbonyl (C=O) groups excluding carboxylic acids is 1. The van der Waals surface area contributed by atoms with Crippen LogP contribution in [0.15, 0.2) is 30.3 Å². The average Bonchev–Trinajstić information content (AvgIpc) is 2.75. The second-order valence-corrected chi connectivity index (χ2v) is 5.11. The number of methoxy groups -OCH3 is 1. The lowest BCUT2D eigenvalue weighted by molar-refractivity contribution is 0.0726. The number of hydrogen-bond acceptors (Lipinski definition) is 3. The van der Waals surface area contributed by atoms with E-state index >= 15 is 0 Å². The van der Waals surface area contributed by atoms with Crippen LogP contribution in [-0.2, 0) is 18.4 Å². The molecular weight excluding hydrogens is 266 g/mol. The van der Waals surface area contributed by atoms with Crippen molar-refractivity contribution in [3.63, 3.8) is 0 Å². The van der Waals surface area contributed by atoms with Gasteiger partial charge >= 0.3 is 0 Å². The Morgan fingerprint density at radius 2 is 1.86 bits per heavy atom. The first kappa shape index (κ1) is 15.3. The van der Waals surface area contributed by atoms with E-state index in [4.69, 9.17) is 9.47 Å². The fourth-order valence-corrected chi connectivity index (χ4v) is 2.20. The van der Waals surface area contributed by atoms with Crippen molar-refractivity contribution in [2.75, 3.05) is 13.7 Å². The SMILES string of the molecule is COc1ccc(COCC(=O)c2cc(C)n(C)c2C)cc1. The summed E-state index contributed by atoms with van der Waals surface area (Å²) in [6.45, 7) is 4.45. The second kappa shape index (κ2) is 6.59. The Bertz CT molecular complexity index is 626. The van der Waals surface area contributed by atoms with Gasteiger partial charge in [0.15, 0.2) is 5.78 Å². The van der Waals surface area contributed by atoms with Crippen LogP contribution in [0.1, 0.15) is 27.3 Å². The molecule has 0 bridgehead atoms. The average molecular weight is 287 g/mol. The number of aromatic nitrogens is 1. The van der Waals surface area contributed by atoms with Gasteiger partial charge in [-0.25, -0.2) is 0 Å². The lowest BCUT2D eigenvalue weighted by Gasteiger charge is -2.05. The summed E-state index contributed by atoms with van der Waals surface area (Å²) in [5.74, 6) is 0.829. The topological polar surface area (TPSA) is 40.5 Å². The zero-order valence-corrected chi connectivity index (χ0v) is 13.0. The van der Waals surface area contributed by atoms with Gasteiger partial charge < -0.3 is 14.0 Å². The lowest BCUT2D eigenvalue weighted by Crippen LogP contribution is -2.10. The Labute approximate surface area is 125 Å². The number of rotatable bonds is 6. The van der Waals surface area contributed by atoms with Crippen LogP contribution in [0.5, 0.6) is 5.75 Å². The summed E-state index contributed by atoms with van der Waals surface area (Å²) in [4.78, 5) is 12.2. The molecule has 0 saturated carbocycles. The van der Waals surface area contributed by atoms with Crippen molar-refractivity contribution in [3.8, 4) is 5.75 Å². The predicted octanol–water partition coefficient (Wildman–Crippen LogP) is 3.05. The minimum atomic E-state index is 0.0183. The van der Waals surface area contributed by atoms with Crippen LogP contribution in [-0.4, -0.2) is 24.1 Å². The summed E-state index contributed by atoms with van der Waals surface area (Å²) in [6, 6.07) is 9.54. The summed E-state index contributed by atoms with van der Waals surface area (Å²) in [6.07, 6.45) is 0. The van der Waals surface area contributed by atoms with Crippen molar-refractivity contribution in [2.45, 2.75) is 20.5 Å². The minimum absolute atomic E-state index is 0.0183. The third-order valence-corrected chi connectivity index (χ3v) is 3.74. The maximum Gasteiger partial charge on any atom is 0.190 e. The van der Waals surface area contributed by atoms with Gasteiger partial charge in [-0.05, 0) is 37.6 Å². The molecule has 0 fully saturated rings. The zero-order chi connectivity index (χ0) is 15.4. The Balaban J connectivity index is 1.90. The molecule has 0 atom stereocenters. The quantitative estimate of drug-likeness (QED) is 0.767. The Morgan fingerprint density at radius 1 is 1.19 bits per heavy atom. The Hall–Kier alpha value is -2.07. The maximum atomic E-state index is 12.2. The van der Waals surface area contributed by atoms with E-state index in [9.17, 15) is 4.79 Å². The van der Waals surface area contributed by atoms with Crippen molar-refractivity contribution >= 4 is 5.78 Å². The molecule has 0 aliphatic heterocycles. The highest BCUT2D eigenvalue weighted by Gasteiger charge is 2.13. The first-order valence-electron chi connectivity index (χ1n) is 6.89. The third-order valence-electron chi connectivity index (χ3n) is 3.74. The third kappa shape index (κ3) is 3.52. The van der Waals surface area contributed by atoms with E-state index in [1.807, 2.05) is 55.8 Å². The molecule has 0 aliphatic carbocycles. The summed E-state index contributed by atoms with van der Waals surface area (Å²) in [5.41, 5.74) is 3.81. The van der Waals surface area contributed by atoms with Gasteiger partial charge in [-0.1, -0.05) is 12.1 Å². The van der Waals surface area contributed by atoms with E-state index in [1.54, 1.807) is 7.11 Å². The molecule has 0 unspecified atom stereocenters. The van der Waals surface area contributed by atoms with Crippen molar-refractivity contribution < 1.29 is 14.3 Å². The molecule has 4 nitrogen and oxygen atoms in total. The highest BCUT2D eigenvalue weighted by Crippen LogP contribution is 2.15. The van der Waals surface area contributed by atoms with E-state index in [0.29, 0.717) is 6.61 Å². The number of nitrogens with zero attached hydrogens (tertiary/aromatic N) is 1. The Morgan fingerprint density at radius 3 is 2.38 bits per heavy atom. The predicted molar refractivity (Wildman–Crippen MR) is 81.9 cm³/mol. The van der Waals surface area contributed by atoms with Gasteiger partial charge in [0.25, 0.3) is 0 Å². The van der Waals surface area contributed by atoms with E-state index in [2.05, 4.69) is 0 Å². The number of ether oxygens (including phenoxy) is 2. The molecule has 1 aromatic carbocycles. The number of Topliss-reactive ketones (excluding diaryl/α,β-unsaturated/α-hetero) is 1. The molecule has 4 heteroatoms. The minimum Gasteiger partial charge on any atom is -0.497 e. The first-order chi connectivity index (χ1) is 10.0. The van der Waals surface area contributed by atoms with Crippen LogP contribution in [0.2, 0.25) is 0 Å². The highest BCUT2D eigenvalue weighted by atomic mass is 16.5. The molecule has 0 saturated heterocycles. The van der Waals surface area contributed by atoms with Gasteiger partial charge in [0.1, 0.15) is 12.4 Å². The number of ketones is 1. The van der Waals surface area contributed by atoms with Crippen LogP contribution in [0.3, 0.4) is 0 Å². The number of hydrogen-bond donors (Lipinski definition) is 0. The fraction of sp³-hybridized carbons (Fsp3) is 0.353. The molecule has 0 spiro atoms. The number of aryl methyl sites for hydroxylation is 1. The molecule has 1 heterocycles. The van der Waals surface area contributed by atoms with Gasteiger partial charge in [0.2, 0.25) is 0 Å². The molecule has 0 amide bonds. The van der Waals surface area contributed by atoms with Crippen LogP contribution in [0, 0.1) is 13.8 Å². The maximum absolute atomic E-state index is 12.2. The van der Waals surface area contributed by atoms with Gasteiger partial charge in [0.05, 0.1) is 13.7 Å². The molecule has 2 rings (SSSR count). The van der Waals surface area contributed by atoms with Crippen molar-refractivity contribution in [3.05, 3.63) is 52.8 Å². The van der Waals surface area contributed by atoms with E-state index in [1.165, 1.54) is 0 Å². The summed E-state index contributed by atoms with van der Waals surface area (Å²) in [5, 5.41) is 0. The van der Waals surface area contributed by atoms with Crippen molar-refractivity contribution in [1.82, 2.24) is 4.57 Å². The fourth-order valence-electron chi connectivity index (χ4n) is 2.20. The van der Waals surface area contributed by atoms with Gasteiger partial charge in [0, 0.05) is 24.0 Å². The summed E-state index contributed by atoms with van der Waals surface area (Å²) < 4.78 is 12.6. The smallest absolute Gasteiger partial charge is 0.190 e. The van der Waals surface area contributed by atoms with Gasteiger partial charge in [-0.2, -0.15) is 0 Å². The first-order valence-corrected chi connectivity index (χ1v) is 6.89. The molecule has 0 radical (unpaired) electrons. The molecule has 0 N–H and O–H groups in total. The molecule has 2 aromatic rings. The normalized spacial score (nSPS) is 10.7. The van der Waals surface area contributed by atoms with E-state index < -0.39 is 0 Å². The zero-order valence-electron chi connectivity index (χ0n) is 13.0. The van der Waals surface area contributed by atoms with Crippen LogP contribution in [0.25, 0.3) is 0 Å². The van der Waals surface area contributed by atoms with E-state index in [-0.39, 0.29) is 12.4 Å². The van der Waals surface area contributed by atoms with Crippen molar-refractivity contribution in [2.24, 2.45) is 7.05 Å². The van der Waals surface area contributed by atoms with Crippen LogP contribution in [0.4, 0.5) is 0 Å². The second-order valence-electron chi connectivity index (χ2n) is 5.11. The summed E-state index contributed by atoms with van der Waals surface area (Å²) >= 11 is 0. The van der Waals surface area contributed by atoms with Gasteiger partial charge in [-0.3, -0.25) is 4.79 Å². The lowest BCUT2D eigenvalue weighted by atomic mass is 10.1. The largest absolute Gasteiger partial charge is 0.497 e. The Kier molecular flexibility index (Phi) is 4.81. The highest BCUT2D eigenvalue weighted by molar-refractivity contribution is 5.98. The molecule has 1 aromatic heterocycles. The monoisotopic (exact) mass is 287 g/mol. The molecule has 112 valence electrons. The van der Waals surface area contributed by atoms with Crippen LogP contribution < -0.4 is 4.74 Å². The summed E-state index contributed by atoms with van der Waals surface area (Å²) in [7, 11) is 3.59. The molecular formula is C17H21NO3. The molecule has 0 aliphatic rings. The molecule has 21 heavy (non-hydrogen) atoms. The number of carbonyl (C=O) groups is 1. The van der Waals surface area contributed by atoms with E-state index in [0.717, 1.165) is 28.3 Å².